The molecule has 2 aliphatic carbocycles. The number of rotatable bonds is 5. The van der Waals surface area contributed by atoms with Crippen LogP contribution in [0.3, 0.4) is 0 Å². The summed E-state index contributed by atoms with van der Waals surface area (Å²) in [7, 11) is 1.72. The van der Waals surface area contributed by atoms with Gasteiger partial charge in [-0.15, -0.1) is 11.3 Å². The first kappa shape index (κ1) is 33.8. The summed E-state index contributed by atoms with van der Waals surface area (Å²) in [5, 5.41) is 17.8. The number of halogens is 1. The van der Waals surface area contributed by atoms with E-state index in [9.17, 15) is 19.5 Å². The van der Waals surface area contributed by atoms with Gasteiger partial charge in [-0.3, -0.25) is 28.8 Å². The lowest BCUT2D eigenvalue weighted by Gasteiger charge is -2.49. The molecule has 0 bridgehead atoms. The summed E-state index contributed by atoms with van der Waals surface area (Å²) in [4.78, 5) is 61.7. The molecule has 11 heteroatoms. The third-order valence-corrected chi connectivity index (χ3v) is 13.9. The van der Waals surface area contributed by atoms with Gasteiger partial charge in [-0.05, 0) is 91.9 Å². The molecule has 1 saturated carbocycles. The van der Waals surface area contributed by atoms with Crippen molar-refractivity contribution in [1.29, 1.82) is 0 Å². The maximum Gasteiger partial charge on any atom is 0.242 e. The quantitative estimate of drug-likeness (QED) is 0.144. The first-order valence-electron chi connectivity index (χ1n) is 18.0. The third kappa shape index (κ3) is 4.71. The number of imide groups is 2. The zero-order chi connectivity index (χ0) is 37.1. The lowest BCUT2D eigenvalue weighted by Crippen LogP contribution is -2.49. The number of anilines is 2. The van der Waals surface area contributed by atoms with E-state index in [2.05, 4.69) is 0 Å². The van der Waals surface area contributed by atoms with Crippen LogP contribution in [0.1, 0.15) is 49.3 Å². The molecule has 4 heterocycles. The van der Waals surface area contributed by atoms with Crippen molar-refractivity contribution in [3.8, 4) is 16.3 Å². The van der Waals surface area contributed by atoms with E-state index in [1.807, 2.05) is 75.4 Å². The zero-order valence-corrected chi connectivity index (χ0v) is 31.2. The number of aryl methyl sites for hydroxylation is 3. The van der Waals surface area contributed by atoms with E-state index < -0.39 is 35.0 Å². The van der Waals surface area contributed by atoms with Gasteiger partial charge >= 0.3 is 0 Å². The Morgan fingerprint density at radius 1 is 0.943 bits per heavy atom. The molecule has 0 spiro atoms. The largest absolute Gasteiger partial charge is 0.508 e. The molecule has 53 heavy (non-hydrogen) atoms. The van der Waals surface area contributed by atoms with E-state index in [0.717, 1.165) is 38.1 Å². The number of thiophene rings is 1. The second kappa shape index (κ2) is 12.0. The summed E-state index contributed by atoms with van der Waals surface area (Å²) in [5.74, 6) is -4.25. The number of aromatic nitrogens is 2. The van der Waals surface area contributed by atoms with Crippen molar-refractivity contribution in [1.82, 2.24) is 9.78 Å². The van der Waals surface area contributed by atoms with Crippen molar-refractivity contribution in [2.75, 3.05) is 9.80 Å². The molecule has 6 unspecified atom stereocenters. The number of carbonyl (C=O) groups is 4. The van der Waals surface area contributed by atoms with Gasteiger partial charge in [-0.25, -0.2) is 4.90 Å². The molecule has 6 atom stereocenters. The standard InChI is InChI=1S/C42H37ClN4O5S/c1-5-22-10-13-24(14-11-22)46-38(49)27-16-15-25-29(35(27)40(46)51)19-30-39(50)47(41(52)42(30,3)36(25)26-8-6-7-9-32(26)48)34-20-31(44-45(34)4)37-21(2)28-18-23(43)12-17-33(28)53-37/h6-15,17-18,20,27,29-30,35-36,48H,5,16,19H2,1-4H3. The minimum atomic E-state index is -1.29. The van der Waals surface area contributed by atoms with Crippen LogP contribution in [0.2, 0.25) is 5.02 Å². The predicted octanol–water partition coefficient (Wildman–Crippen LogP) is 7.97. The highest BCUT2D eigenvalue weighted by atomic mass is 35.5. The highest BCUT2D eigenvalue weighted by Gasteiger charge is 2.68. The number of carbonyl (C=O) groups excluding carboxylic acids is 4. The first-order chi connectivity index (χ1) is 25.4. The van der Waals surface area contributed by atoms with Gasteiger partial charge in [0.2, 0.25) is 23.6 Å². The molecule has 4 amide bonds. The third-order valence-electron chi connectivity index (χ3n) is 12.3. The van der Waals surface area contributed by atoms with Crippen molar-refractivity contribution >= 4 is 68.2 Å². The van der Waals surface area contributed by atoms with Gasteiger partial charge < -0.3 is 5.11 Å². The fourth-order valence-corrected chi connectivity index (χ4v) is 11.0. The molecule has 2 aliphatic heterocycles. The monoisotopic (exact) mass is 744 g/mol. The first-order valence-corrected chi connectivity index (χ1v) is 19.2. The molecule has 5 aromatic rings. The molecule has 4 aliphatic rings. The van der Waals surface area contributed by atoms with Crippen LogP contribution in [-0.4, -0.2) is 38.5 Å². The van der Waals surface area contributed by atoms with Gasteiger partial charge in [-0.2, -0.15) is 5.10 Å². The number of aromatic hydroxyl groups is 1. The van der Waals surface area contributed by atoms with E-state index >= 15 is 4.79 Å². The topological polar surface area (TPSA) is 113 Å². The average Bonchev–Trinajstić information content (AvgIpc) is 3.82. The second-order valence-corrected chi connectivity index (χ2v) is 16.4. The maximum atomic E-state index is 15.0. The minimum Gasteiger partial charge on any atom is -0.508 e. The number of amides is 4. The molecule has 3 fully saturated rings. The number of allylic oxidation sites excluding steroid dienone is 2. The molecular formula is C42H37ClN4O5S. The summed E-state index contributed by atoms with van der Waals surface area (Å²) < 4.78 is 2.62. The van der Waals surface area contributed by atoms with Gasteiger partial charge in [-0.1, -0.05) is 60.5 Å². The Morgan fingerprint density at radius 3 is 2.43 bits per heavy atom. The zero-order valence-electron chi connectivity index (χ0n) is 29.7. The summed E-state index contributed by atoms with van der Waals surface area (Å²) >= 11 is 7.89. The predicted molar refractivity (Wildman–Crippen MR) is 205 cm³/mol. The van der Waals surface area contributed by atoms with Crippen molar-refractivity contribution in [2.24, 2.45) is 36.1 Å². The average molecular weight is 745 g/mol. The van der Waals surface area contributed by atoms with Crippen LogP contribution >= 0.6 is 22.9 Å². The Kier molecular flexibility index (Phi) is 7.63. The number of phenols is 1. The number of hydrogen-bond acceptors (Lipinski definition) is 7. The van der Waals surface area contributed by atoms with Crippen LogP contribution in [-0.2, 0) is 32.6 Å². The Morgan fingerprint density at radius 2 is 1.70 bits per heavy atom. The van der Waals surface area contributed by atoms with Crippen molar-refractivity contribution < 1.29 is 24.3 Å². The van der Waals surface area contributed by atoms with Crippen LogP contribution in [0.15, 0.2) is 84.4 Å². The van der Waals surface area contributed by atoms with Gasteiger partial charge in [0.25, 0.3) is 0 Å². The van der Waals surface area contributed by atoms with Gasteiger partial charge in [0, 0.05) is 34.3 Å². The number of benzene rings is 3. The summed E-state index contributed by atoms with van der Waals surface area (Å²) in [6, 6.07) is 21.9. The molecule has 268 valence electrons. The molecule has 9 nitrogen and oxygen atoms in total. The van der Waals surface area contributed by atoms with Gasteiger partial charge in [0.1, 0.15) is 17.3 Å². The van der Waals surface area contributed by atoms with Gasteiger partial charge in [0.05, 0.1) is 33.7 Å². The lowest BCUT2D eigenvalue weighted by molar-refractivity contribution is -0.131. The number of phenolic OH excluding ortho intramolecular Hbond substituents is 1. The lowest BCUT2D eigenvalue weighted by atomic mass is 9.51. The Hall–Kier alpha value is -5.06. The number of fused-ring (bicyclic) bond motifs is 5. The highest BCUT2D eigenvalue weighted by Crippen LogP contribution is 2.64. The SMILES string of the molecule is CCc1ccc(N2C(=O)C3CC=C4C(CC5C(=O)N(c6cc(-c7sc8ccc(Cl)cc8c7C)nn6C)C(=O)C5(C)C4c4ccccc4O)C3C2=O)cc1. The normalized spacial score (nSPS) is 26.7. The van der Waals surface area contributed by atoms with Crippen LogP contribution in [0.5, 0.6) is 5.75 Å². The van der Waals surface area contributed by atoms with Crippen molar-refractivity contribution in [3.05, 3.63) is 106 Å². The maximum absolute atomic E-state index is 15.0. The van der Waals surface area contributed by atoms with Crippen LogP contribution < -0.4 is 9.80 Å². The molecular weight excluding hydrogens is 708 g/mol. The molecule has 2 aromatic heterocycles. The fraction of sp³-hybridized carbons (Fsp3) is 0.310. The molecule has 1 N–H and O–H groups in total. The molecule has 2 saturated heterocycles. The summed E-state index contributed by atoms with van der Waals surface area (Å²) in [6.07, 6.45) is 3.38. The van der Waals surface area contributed by atoms with E-state index in [0.29, 0.717) is 34.2 Å². The summed E-state index contributed by atoms with van der Waals surface area (Å²) in [5.41, 5.74) is 3.33. The molecule has 0 radical (unpaired) electrons. The Labute approximate surface area is 315 Å². The van der Waals surface area contributed by atoms with Gasteiger partial charge in [0.15, 0.2) is 0 Å². The van der Waals surface area contributed by atoms with Crippen molar-refractivity contribution in [3.63, 3.8) is 0 Å². The number of hydrogen-bond donors (Lipinski definition) is 1. The molecule has 3 aromatic carbocycles. The smallest absolute Gasteiger partial charge is 0.242 e. The second-order valence-electron chi connectivity index (χ2n) is 15.0. The van der Waals surface area contributed by atoms with E-state index in [1.165, 1.54) is 9.80 Å². The minimum absolute atomic E-state index is 0.00877. The van der Waals surface area contributed by atoms with Crippen molar-refractivity contribution in [2.45, 2.75) is 46.0 Å². The van der Waals surface area contributed by atoms with Crippen LogP contribution in [0, 0.1) is 36.0 Å². The van der Waals surface area contributed by atoms with Crippen LogP contribution in [0.25, 0.3) is 20.7 Å². The number of para-hydroxylation sites is 1. The Balaban J connectivity index is 1.14. The highest BCUT2D eigenvalue weighted by molar-refractivity contribution is 7.22. The fourth-order valence-electron chi connectivity index (χ4n) is 9.66. The van der Waals surface area contributed by atoms with E-state index in [-0.39, 0.29) is 35.8 Å². The molecule has 9 rings (SSSR count). The van der Waals surface area contributed by atoms with Crippen LogP contribution in [0.4, 0.5) is 11.5 Å². The Bertz CT molecular complexity index is 2450. The van der Waals surface area contributed by atoms with E-state index in [4.69, 9.17) is 16.7 Å². The van der Waals surface area contributed by atoms with E-state index in [1.54, 1.807) is 47.3 Å². The number of nitrogens with zero attached hydrogens (tertiary/aromatic N) is 4. The summed E-state index contributed by atoms with van der Waals surface area (Å²) in [6.45, 7) is 5.88.